The maximum atomic E-state index is 12.3. The summed E-state index contributed by atoms with van der Waals surface area (Å²) >= 11 is 0. The first-order valence-corrected chi connectivity index (χ1v) is 9.04. The molecule has 2 aromatic carbocycles. The van der Waals surface area contributed by atoms with E-state index in [0.29, 0.717) is 5.56 Å². The monoisotopic (exact) mass is 348 g/mol. The van der Waals surface area contributed by atoms with Crippen LogP contribution < -0.4 is 10.2 Å². The highest BCUT2D eigenvalue weighted by Gasteiger charge is 2.16. The summed E-state index contributed by atoms with van der Waals surface area (Å²) in [7, 11) is 0.370. The van der Waals surface area contributed by atoms with Gasteiger partial charge in [-0.3, -0.25) is 4.79 Å². The molecule has 0 aliphatic heterocycles. The fourth-order valence-corrected chi connectivity index (χ4v) is 2.99. The molecule has 0 aliphatic rings. The molecule has 7 heteroatoms. The standard InChI is InChI=1S/C17H20N2O4S/c1-4-24(22,23)14-9-10-16(20)15(11-14)18-17(21)12-5-7-13(8-6-12)19(2)3/h5-11,20H,4H2,1-3H3,(H,18,21). The van der Waals surface area contributed by atoms with E-state index in [-0.39, 0.29) is 22.1 Å². The molecule has 0 bridgehead atoms. The number of nitrogens with one attached hydrogen (secondary N) is 1. The summed E-state index contributed by atoms with van der Waals surface area (Å²) < 4.78 is 23.8. The molecule has 0 fully saturated rings. The Hall–Kier alpha value is -2.54. The summed E-state index contributed by atoms with van der Waals surface area (Å²) in [6, 6.07) is 10.8. The minimum absolute atomic E-state index is 0.0565. The summed E-state index contributed by atoms with van der Waals surface area (Å²) in [5.41, 5.74) is 1.42. The van der Waals surface area contributed by atoms with E-state index in [4.69, 9.17) is 0 Å². The summed E-state index contributed by atoms with van der Waals surface area (Å²) in [5.74, 6) is -0.679. The van der Waals surface area contributed by atoms with Crippen LogP contribution in [-0.4, -0.2) is 39.3 Å². The summed E-state index contributed by atoms with van der Waals surface area (Å²) in [4.78, 5) is 14.3. The largest absolute Gasteiger partial charge is 0.506 e. The molecule has 0 atom stereocenters. The van der Waals surface area contributed by atoms with Gasteiger partial charge in [0.1, 0.15) is 5.75 Å². The molecule has 0 aliphatic carbocycles. The van der Waals surface area contributed by atoms with Crippen molar-refractivity contribution in [3.05, 3.63) is 48.0 Å². The number of hydrogen-bond acceptors (Lipinski definition) is 5. The molecule has 0 saturated heterocycles. The van der Waals surface area contributed by atoms with Gasteiger partial charge in [0.25, 0.3) is 5.91 Å². The molecule has 0 heterocycles. The van der Waals surface area contributed by atoms with Crippen LogP contribution in [0.25, 0.3) is 0 Å². The van der Waals surface area contributed by atoms with E-state index < -0.39 is 15.7 Å². The maximum Gasteiger partial charge on any atom is 0.255 e. The van der Waals surface area contributed by atoms with Crippen LogP contribution in [0.15, 0.2) is 47.4 Å². The summed E-state index contributed by atoms with van der Waals surface area (Å²) in [6.45, 7) is 1.53. The second kappa shape index (κ2) is 6.92. The lowest BCUT2D eigenvalue weighted by molar-refractivity contribution is 0.102. The van der Waals surface area contributed by atoms with E-state index in [2.05, 4.69) is 5.32 Å². The lowest BCUT2D eigenvalue weighted by Gasteiger charge is -2.13. The van der Waals surface area contributed by atoms with Crippen LogP contribution in [0, 0.1) is 0 Å². The number of sulfone groups is 1. The van der Waals surface area contributed by atoms with Crippen LogP contribution in [0.2, 0.25) is 0 Å². The van der Waals surface area contributed by atoms with Crippen molar-refractivity contribution in [3.63, 3.8) is 0 Å². The Balaban J connectivity index is 2.27. The van der Waals surface area contributed by atoms with Gasteiger partial charge in [-0.2, -0.15) is 0 Å². The zero-order chi connectivity index (χ0) is 17.9. The number of carbonyl (C=O) groups excluding carboxylic acids is 1. The lowest BCUT2D eigenvalue weighted by atomic mass is 10.2. The number of nitrogens with zero attached hydrogens (tertiary/aromatic N) is 1. The van der Waals surface area contributed by atoms with Crippen molar-refractivity contribution < 1.29 is 18.3 Å². The van der Waals surface area contributed by atoms with Crippen molar-refractivity contribution in [2.24, 2.45) is 0 Å². The molecular weight excluding hydrogens is 328 g/mol. The predicted octanol–water partition coefficient (Wildman–Crippen LogP) is 2.50. The van der Waals surface area contributed by atoms with Crippen molar-refractivity contribution in [3.8, 4) is 5.75 Å². The first-order chi connectivity index (χ1) is 11.2. The van der Waals surface area contributed by atoms with Crippen LogP contribution in [-0.2, 0) is 9.84 Å². The van der Waals surface area contributed by atoms with Gasteiger partial charge in [-0.15, -0.1) is 0 Å². The van der Waals surface area contributed by atoms with Crippen molar-refractivity contribution >= 4 is 27.1 Å². The first-order valence-electron chi connectivity index (χ1n) is 7.39. The lowest BCUT2D eigenvalue weighted by Crippen LogP contribution is -2.14. The van der Waals surface area contributed by atoms with E-state index in [9.17, 15) is 18.3 Å². The highest BCUT2D eigenvalue weighted by atomic mass is 32.2. The molecule has 0 saturated carbocycles. The maximum absolute atomic E-state index is 12.3. The third-order valence-electron chi connectivity index (χ3n) is 3.60. The number of anilines is 2. The van der Waals surface area contributed by atoms with Crippen LogP contribution in [0.3, 0.4) is 0 Å². The smallest absolute Gasteiger partial charge is 0.255 e. The van der Waals surface area contributed by atoms with Crippen LogP contribution in [0.5, 0.6) is 5.75 Å². The topological polar surface area (TPSA) is 86.7 Å². The van der Waals surface area contributed by atoms with Gasteiger partial charge >= 0.3 is 0 Å². The highest BCUT2D eigenvalue weighted by Crippen LogP contribution is 2.27. The second-order valence-corrected chi connectivity index (χ2v) is 7.76. The number of carbonyl (C=O) groups is 1. The third kappa shape index (κ3) is 3.86. The Morgan fingerprint density at radius 1 is 1.12 bits per heavy atom. The molecule has 128 valence electrons. The number of aromatic hydroxyl groups is 1. The zero-order valence-corrected chi connectivity index (χ0v) is 14.6. The quantitative estimate of drug-likeness (QED) is 0.811. The molecule has 0 unspecified atom stereocenters. The van der Waals surface area contributed by atoms with Crippen molar-refractivity contribution in [2.45, 2.75) is 11.8 Å². The minimum Gasteiger partial charge on any atom is -0.506 e. The molecule has 0 spiro atoms. The molecule has 2 N–H and O–H groups in total. The van der Waals surface area contributed by atoms with E-state index in [1.807, 2.05) is 19.0 Å². The Bertz CT molecular complexity index is 843. The molecular formula is C17H20N2O4S. The Kier molecular flexibility index (Phi) is 5.14. The average molecular weight is 348 g/mol. The fourth-order valence-electron chi connectivity index (χ4n) is 2.08. The molecule has 1 amide bonds. The molecule has 0 radical (unpaired) electrons. The van der Waals surface area contributed by atoms with Crippen molar-refractivity contribution in [2.75, 3.05) is 30.1 Å². The Labute approximate surface area is 141 Å². The van der Waals surface area contributed by atoms with E-state index in [1.54, 1.807) is 24.3 Å². The van der Waals surface area contributed by atoms with Crippen LogP contribution in [0.1, 0.15) is 17.3 Å². The molecule has 0 aromatic heterocycles. The number of amides is 1. The molecule has 2 rings (SSSR count). The summed E-state index contributed by atoms with van der Waals surface area (Å²) in [6.07, 6.45) is 0. The van der Waals surface area contributed by atoms with Gasteiger partial charge in [-0.25, -0.2) is 8.42 Å². The normalized spacial score (nSPS) is 11.1. The number of phenolic OH excluding ortho intramolecular Hbond substituents is 1. The average Bonchev–Trinajstić information content (AvgIpc) is 2.56. The zero-order valence-electron chi connectivity index (χ0n) is 13.8. The number of phenols is 1. The van der Waals surface area contributed by atoms with E-state index in [0.717, 1.165) is 5.69 Å². The first kappa shape index (κ1) is 17.8. The van der Waals surface area contributed by atoms with E-state index in [1.165, 1.54) is 25.1 Å². The number of rotatable bonds is 5. The predicted molar refractivity (Wildman–Crippen MR) is 94.6 cm³/mol. The van der Waals surface area contributed by atoms with Crippen LogP contribution in [0.4, 0.5) is 11.4 Å². The summed E-state index contributed by atoms with van der Waals surface area (Å²) in [5, 5.41) is 12.4. The van der Waals surface area contributed by atoms with E-state index >= 15 is 0 Å². The Morgan fingerprint density at radius 2 is 1.75 bits per heavy atom. The number of benzene rings is 2. The molecule has 24 heavy (non-hydrogen) atoms. The Morgan fingerprint density at radius 3 is 2.29 bits per heavy atom. The highest BCUT2D eigenvalue weighted by molar-refractivity contribution is 7.91. The fraction of sp³-hybridized carbons (Fsp3) is 0.235. The minimum atomic E-state index is -3.42. The van der Waals surface area contributed by atoms with Gasteiger partial charge in [0, 0.05) is 25.3 Å². The van der Waals surface area contributed by atoms with Gasteiger partial charge in [0.05, 0.1) is 16.3 Å². The van der Waals surface area contributed by atoms with Crippen molar-refractivity contribution in [1.82, 2.24) is 0 Å². The van der Waals surface area contributed by atoms with Crippen molar-refractivity contribution in [1.29, 1.82) is 0 Å². The van der Waals surface area contributed by atoms with Crippen LogP contribution >= 0.6 is 0 Å². The van der Waals surface area contributed by atoms with Gasteiger partial charge in [-0.05, 0) is 42.5 Å². The second-order valence-electron chi connectivity index (χ2n) is 5.48. The van der Waals surface area contributed by atoms with Gasteiger partial charge < -0.3 is 15.3 Å². The van der Waals surface area contributed by atoms with Gasteiger partial charge in [0.2, 0.25) is 0 Å². The molecule has 6 nitrogen and oxygen atoms in total. The SMILES string of the molecule is CCS(=O)(=O)c1ccc(O)c(NC(=O)c2ccc(N(C)C)cc2)c1. The van der Waals surface area contributed by atoms with Gasteiger partial charge in [-0.1, -0.05) is 6.92 Å². The van der Waals surface area contributed by atoms with Gasteiger partial charge in [0.15, 0.2) is 9.84 Å². The molecule has 2 aromatic rings. The number of hydrogen-bond donors (Lipinski definition) is 2. The third-order valence-corrected chi connectivity index (χ3v) is 5.33.